The predicted octanol–water partition coefficient (Wildman–Crippen LogP) is 5.36. The van der Waals surface area contributed by atoms with Gasteiger partial charge in [-0.15, -0.1) is 0 Å². The standard InChI is InChI=1S/C35H39N3O5S/c1-26(2)36-35(40)32(23-28-15-7-5-8-16-28)37(24-29-17-13-14-27(3)22-29)34(39)25-38(31-20-11-12-21-33(31)43-4)44(41,42)30-18-9-6-10-19-30/h5-22,26,32H,23-25H2,1-4H3,(H,36,40)/t32-/m0/s1. The number of carbonyl (C=O) groups excluding carboxylic acids is 2. The Kier molecular flexibility index (Phi) is 10.8. The highest BCUT2D eigenvalue weighted by Crippen LogP contribution is 2.32. The Labute approximate surface area is 260 Å². The Hall–Kier alpha value is -4.63. The second-order valence-corrected chi connectivity index (χ2v) is 12.7. The van der Waals surface area contributed by atoms with E-state index in [-0.39, 0.29) is 35.5 Å². The molecule has 4 rings (SSSR count). The molecule has 230 valence electrons. The van der Waals surface area contributed by atoms with Gasteiger partial charge in [0.25, 0.3) is 10.0 Å². The second kappa shape index (κ2) is 14.7. The van der Waals surface area contributed by atoms with Crippen molar-refractivity contribution >= 4 is 27.5 Å². The van der Waals surface area contributed by atoms with Gasteiger partial charge in [0.2, 0.25) is 11.8 Å². The third-order valence-corrected chi connectivity index (χ3v) is 8.88. The average molecular weight is 614 g/mol. The first-order valence-electron chi connectivity index (χ1n) is 14.5. The summed E-state index contributed by atoms with van der Waals surface area (Å²) in [4.78, 5) is 29.8. The number of benzene rings is 4. The maximum atomic E-state index is 14.5. The van der Waals surface area contributed by atoms with E-state index in [1.54, 1.807) is 42.5 Å². The molecule has 4 aromatic carbocycles. The van der Waals surface area contributed by atoms with Crippen molar-refractivity contribution in [1.82, 2.24) is 10.2 Å². The number of rotatable bonds is 13. The van der Waals surface area contributed by atoms with Gasteiger partial charge in [0.1, 0.15) is 18.3 Å². The predicted molar refractivity (Wildman–Crippen MR) is 173 cm³/mol. The van der Waals surface area contributed by atoms with Crippen molar-refractivity contribution in [2.75, 3.05) is 18.0 Å². The molecule has 0 aliphatic rings. The highest BCUT2D eigenvalue weighted by Gasteiger charge is 2.35. The Morgan fingerprint density at radius 3 is 2.07 bits per heavy atom. The Bertz CT molecular complexity index is 1660. The van der Waals surface area contributed by atoms with Crippen LogP contribution in [0, 0.1) is 6.92 Å². The largest absolute Gasteiger partial charge is 0.495 e. The van der Waals surface area contributed by atoms with Crippen molar-refractivity contribution in [2.24, 2.45) is 0 Å². The number of anilines is 1. The second-order valence-electron chi connectivity index (χ2n) is 10.9. The van der Waals surface area contributed by atoms with E-state index in [9.17, 15) is 18.0 Å². The minimum absolute atomic E-state index is 0.0299. The summed E-state index contributed by atoms with van der Waals surface area (Å²) < 4.78 is 34.8. The molecule has 0 unspecified atom stereocenters. The molecule has 2 amide bonds. The van der Waals surface area contributed by atoms with Crippen molar-refractivity contribution in [1.29, 1.82) is 0 Å². The minimum Gasteiger partial charge on any atom is -0.495 e. The van der Waals surface area contributed by atoms with Crippen LogP contribution in [0.3, 0.4) is 0 Å². The van der Waals surface area contributed by atoms with Crippen LogP contribution in [0.2, 0.25) is 0 Å². The van der Waals surface area contributed by atoms with Gasteiger partial charge in [-0.1, -0.05) is 90.5 Å². The first-order valence-corrected chi connectivity index (χ1v) is 15.9. The van der Waals surface area contributed by atoms with Gasteiger partial charge in [0.05, 0.1) is 17.7 Å². The highest BCUT2D eigenvalue weighted by molar-refractivity contribution is 7.92. The zero-order valence-electron chi connectivity index (χ0n) is 25.5. The number of ether oxygens (including phenoxy) is 1. The maximum Gasteiger partial charge on any atom is 0.264 e. The number of methoxy groups -OCH3 is 1. The molecule has 1 atom stereocenters. The van der Waals surface area contributed by atoms with Crippen LogP contribution in [-0.2, 0) is 32.6 Å². The average Bonchev–Trinajstić information content (AvgIpc) is 3.02. The van der Waals surface area contributed by atoms with Crippen LogP contribution in [0.1, 0.15) is 30.5 Å². The molecule has 0 saturated heterocycles. The van der Waals surface area contributed by atoms with Gasteiger partial charge in [-0.2, -0.15) is 0 Å². The van der Waals surface area contributed by atoms with Crippen LogP contribution in [0.25, 0.3) is 0 Å². The number of nitrogens with zero attached hydrogens (tertiary/aromatic N) is 2. The molecule has 0 aliphatic carbocycles. The van der Waals surface area contributed by atoms with Crippen molar-refractivity contribution in [3.8, 4) is 5.75 Å². The lowest BCUT2D eigenvalue weighted by Crippen LogP contribution is -2.54. The molecular formula is C35H39N3O5S. The highest BCUT2D eigenvalue weighted by atomic mass is 32.2. The summed E-state index contributed by atoms with van der Waals surface area (Å²) in [6.45, 7) is 5.23. The first kappa shape index (κ1) is 32.3. The molecule has 44 heavy (non-hydrogen) atoms. The minimum atomic E-state index is -4.21. The van der Waals surface area contributed by atoms with Gasteiger partial charge < -0.3 is 15.0 Å². The van der Waals surface area contributed by atoms with Crippen LogP contribution >= 0.6 is 0 Å². The summed E-state index contributed by atoms with van der Waals surface area (Å²) in [7, 11) is -2.76. The van der Waals surface area contributed by atoms with Crippen molar-refractivity contribution in [3.63, 3.8) is 0 Å². The molecule has 0 spiro atoms. The van der Waals surface area contributed by atoms with E-state index in [1.165, 1.54) is 24.1 Å². The fraction of sp³-hybridized carbons (Fsp3) is 0.257. The van der Waals surface area contributed by atoms with Gasteiger partial charge in [-0.3, -0.25) is 13.9 Å². The van der Waals surface area contributed by atoms with E-state index in [1.807, 2.05) is 75.4 Å². The topological polar surface area (TPSA) is 96.0 Å². The molecule has 0 radical (unpaired) electrons. The lowest BCUT2D eigenvalue weighted by molar-refractivity contribution is -0.140. The number of hydrogen-bond acceptors (Lipinski definition) is 5. The number of amides is 2. The summed E-state index contributed by atoms with van der Waals surface area (Å²) in [6, 6.07) is 30.7. The summed E-state index contributed by atoms with van der Waals surface area (Å²) >= 11 is 0. The summed E-state index contributed by atoms with van der Waals surface area (Å²) in [6.07, 6.45) is 0.247. The van der Waals surface area contributed by atoms with Gasteiger partial charge in [-0.05, 0) is 56.2 Å². The molecule has 8 nitrogen and oxygen atoms in total. The quantitative estimate of drug-likeness (QED) is 0.219. The number of sulfonamides is 1. The fourth-order valence-corrected chi connectivity index (χ4v) is 6.46. The molecule has 0 heterocycles. The van der Waals surface area contributed by atoms with Crippen molar-refractivity contribution in [3.05, 3.63) is 126 Å². The molecule has 4 aromatic rings. The molecule has 0 aliphatic heterocycles. The Morgan fingerprint density at radius 1 is 0.818 bits per heavy atom. The molecule has 0 saturated carbocycles. The van der Waals surface area contributed by atoms with E-state index in [2.05, 4.69) is 5.32 Å². The van der Waals surface area contributed by atoms with Crippen LogP contribution in [-0.4, -0.2) is 50.9 Å². The van der Waals surface area contributed by atoms with Crippen molar-refractivity contribution < 1.29 is 22.7 Å². The van der Waals surface area contributed by atoms with Gasteiger partial charge >= 0.3 is 0 Å². The molecule has 1 N–H and O–H groups in total. The Morgan fingerprint density at radius 2 is 1.43 bits per heavy atom. The number of para-hydroxylation sites is 2. The van der Waals surface area contributed by atoms with Crippen molar-refractivity contribution in [2.45, 2.75) is 50.7 Å². The molecule has 0 aromatic heterocycles. The lowest BCUT2D eigenvalue weighted by Gasteiger charge is -2.34. The van der Waals surface area contributed by atoms with E-state index in [4.69, 9.17) is 4.74 Å². The molecule has 0 fully saturated rings. The summed E-state index contributed by atoms with van der Waals surface area (Å²) in [5.41, 5.74) is 2.91. The number of aryl methyl sites for hydroxylation is 1. The van der Waals surface area contributed by atoms with Gasteiger partial charge in [0, 0.05) is 19.0 Å². The zero-order chi connectivity index (χ0) is 31.7. The normalized spacial score (nSPS) is 11.9. The smallest absolute Gasteiger partial charge is 0.264 e. The summed E-state index contributed by atoms with van der Waals surface area (Å²) in [5, 5.41) is 2.97. The SMILES string of the molecule is COc1ccccc1N(CC(=O)N(Cc1cccc(C)c1)[C@@H](Cc1ccccc1)C(=O)NC(C)C)S(=O)(=O)c1ccccc1. The van der Waals surface area contributed by atoms with Crippen LogP contribution in [0.5, 0.6) is 5.75 Å². The Balaban J connectivity index is 1.83. The van der Waals surface area contributed by atoms with E-state index in [0.717, 1.165) is 21.0 Å². The number of nitrogens with one attached hydrogen (secondary N) is 1. The van der Waals surface area contributed by atoms with Gasteiger partial charge in [-0.25, -0.2) is 8.42 Å². The third-order valence-electron chi connectivity index (χ3n) is 7.10. The maximum absolute atomic E-state index is 14.5. The third kappa shape index (κ3) is 8.05. The van der Waals surface area contributed by atoms with E-state index in [0.29, 0.717) is 5.75 Å². The molecule has 9 heteroatoms. The molecular weight excluding hydrogens is 574 g/mol. The monoisotopic (exact) mass is 613 g/mol. The fourth-order valence-electron chi connectivity index (χ4n) is 5.01. The van der Waals surface area contributed by atoms with Gasteiger partial charge in [0.15, 0.2) is 0 Å². The van der Waals surface area contributed by atoms with E-state index < -0.39 is 28.5 Å². The summed E-state index contributed by atoms with van der Waals surface area (Å²) in [5.74, 6) is -0.556. The molecule has 0 bridgehead atoms. The zero-order valence-corrected chi connectivity index (χ0v) is 26.3. The lowest BCUT2D eigenvalue weighted by atomic mass is 10.0. The number of carbonyl (C=O) groups is 2. The first-order chi connectivity index (χ1) is 21.1. The number of hydrogen-bond donors (Lipinski definition) is 1. The van der Waals surface area contributed by atoms with Crippen LogP contribution in [0.4, 0.5) is 5.69 Å². The van der Waals surface area contributed by atoms with Crippen LogP contribution in [0.15, 0.2) is 114 Å². The van der Waals surface area contributed by atoms with Crippen LogP contribution < -0.4 is 14.4 Å². The van der Waals surface area contributed by atoms with E-state index >= 15 is 0 Å².